The van der Waals surface area contributed by atoms with Gasteiger partial charge >= 0.3 is 0 Å². The lowest BCUT2D eigenvalue weighted by atomic mass is 10.1. The summed E-state index contributed by atoms with van der Waals surface area (Å²) in [7, 11) is 0. The maximum atomic E-state index is 13.9. The van der Waals surface area contributed by atoms with Gasteiger partial charge in [0, 0.05) is 43.9 Å². The molecule has 1 aromatic carbocycles. The van der Waals surface area contributed by atoms with Crippen molar-refractivity contribution in [3.8, 4) is 11.3 Å². The Hall–Kier alpha value is -3.10. The Labute approximate surface area is 152 Å². The topological polar surface area (TPSA) is 66.7 Å². The summed E-state index contributed by atoms with van der Waals surface area (Å²) >= 11 is 0. The molecule has 0 spiro atoms. The molecule has 0 saturated carbocycles. The second-order valence-electron chi connectivity index (χ2n) is 6.16. The molecule has 9 heteroatoms. The van der Waals surface area contributed by atoms with E-state index in [1.807, 2.05) is 0 Å². The molecular weight excluding hydrogens is 363 g/mol. The van der Waals surface area contributed by atoms with E-state index in [0.717, 1.165) is 6.07 Å². The second-order valence-corrected chi connectivity index (χ2v) is 6.16. The predicted molar refractivity (Wildman–Crippen MR) is 89.1 cm³/mol. The number of benzene rings is 1. The summed E-state index contributed by atoms with van der Waals surface area (Å²) < 4.78 is 45.7. The number of piperazine rings is 1. The van der Waals surface area contributed by atoms with Crippen LogP contribution in [-0.4, -0.2) is 52.4 Å². The summed E-state index contributed by atoms with van der Waals surface area (Å²) in [5.41, 5.74) is -0.824. The van der Waals surface area contributed by atoms with Crippen molar-refractivity contribution in [2.45, 2.75) is 13.0 Å². The van der Waals surface area contributed by atoms with Crippen molar-refractivity contribution in [3.05, 3.63) is 54.1 Å². The number of hydrogen-bond acceptors (Lipinski definition) is 4. The number of carbonyl (C=O) groups is 2. The smallest absolute Gasteiger partial charge is 0.292 e. The van der Waals surface area contributed by atoms with Gasteiger partial charge in [-0.2, -0.15) is 0 Å². The van der Waals surface area contributed by atoms with E-state index in [2.05, 4.69) is 11.7 Å². The number of carbonyl (C=O) groups excluding carboxylic acids is 2. The van der Waals surface area contributed by atoms with E-state index >= 15 is 0 Å². The molecule has 1 aliphatic heterocycles. The zero-order valence-corrected chi connectivity index (χ0v) is 14.4. The minimum absolute atomic E-state index is 0.205. The van der Waals surface area contributed by atoms with Crippen LogP contribution in [0, 0.1) is 17.5 Å². The number of rotatable bonds is 3. The molecule has 1 atom stereocenters. The fraction of sp³-hybridized carbons (Fsp3) is 0.278. The fourth-order valence-corrected chi connectivity index (χ4v) is 3.01. The summed E-state index contributed by atoms with van der Waals surface area (Å²) in [6.45, 7) is 6.09. The number of halogens is 3. The first-order valence-corrected chi connectivity index (χ1v) is 8.15. The van der Waals surface area contributed by atoms with E-state index in [9.17, 15) is 22.8 Å². The van der Waals surface area contributed by atoms with Gasteiger partial charge in [-0.15, -0.1) is 0 Å². The van der Waals surface area contributed by atoms with Crippen molar-refractivity contribution in [2.24, 2.45) is 0 Å². The van der Waals surface area contributed by atoms with Gasteiger partial charge < -0.3 is 14.3 Å². The average Bonchev–Trinajstić information content (AvgIpc) is 3.09. The van der Waals surface area contributed by atoms with Gasteiger partial charge in [0.15, 0.2) is 0 Å². The molecule has 3 rings (SSSR count). The van der Waals surface area contributed by atoms with Gasteiger partial charge in [-0.1, -0.05) is 11.7 Å². The first kappa shape index (κ1) is 18.7. The molecule has 2 aromatic rings. The van der Waals surface area contributed by atoms with Crippen molar-refractivity contribution < 1.29 is 27.3 Å². The van der Waals surface area contributed by atoms with Crippen LogP contribution in [-0.2, 0) is 4.79 Å². The normalized spacial score (nSPS) is 17.1. The number of aromatic nitrogens is 1. The van der Waals surface area contributed by atoms with E-state index in [0.29, 0.717) is 25.2 Å². The molecule has 2 heterocycles. The van der Waals surface area contributed by atoms with Crippen molar-refractivity contribution >= 4 is 11.8 Å². The van der Waals surface area contributed by atoms with Crippen LogP contribution < -0.4 is 0 Å². The van der Waals surface area contributed by atoms with Gasteiger partial charge in [0.1, 0.15) is 23.1 Å². The van der Waals surface area contributed by atoms with Gasteiger partial charge in [0.05, 0.1) is 5.56 Å². The van der Waals surface area contributed by atoms with Crippen LogP contribution in [0.3, 0.4) is 0 Å². The predicted octanol–water partition coefficient (Wildman–Crippen LogP) is 2.62. The Bertz CT molecular complexity index is 889. The highest BCUT2D eigenvalue weighted by Crippen LogP contribution is 2.27. The van der Waals surface area contributed by atoms with Crippen LogP contribution >= 0.6 is 0 Å². The molecule has 27 heavy (non-hydrogen) atoms. The summed E-state index contributed by atoms with van der Waals surface area (Å²) in [5.74, 6) is -4.31. The third kappa shape index (κ3) is 3.57. The molecule has 0 radical (unpaired) electrons. The molecule has 1 aliphatic rings. The third-order valence-corrected chi connectivity index (χ3v) is 4.36. The number of hydrogen-bond donors (Lipinski definition) is 0. The molecule has 2 amide bonds. The third-order valence-electron chi connectivity index (χ3n) is 4.36. The Balaban J connectivity index is 1.80. The largest absolute Gasteiger partial charge is 0.350 e. The van der Waals surface area contributed by atoms with Gasteiger partial charge in [0.2, 0.25) is 11.7 Å². The molecule has 0 N–H and O–H groups in total. The van der Waals surface area contributed by atoms with E-state index in [4.69, 9.17) is 4.52 Å². The van der Waals surface area contributed by atoms with Gasteiger partial charge in [-0.25, -0.2) is 13.2 Å². The molecule has 1 saturated heterocycles. The molecule has 0 unspecified atom stereocenters. The van der Waals surface area contributed by atoms with Crippen molar-refractivity contribution in [2.75, 3.05) is 19.6 Å². The summed E-state index contributed by atoms with van der Waals surface area (Å²) in [4.78, 5) is 27.4. The SMILES string of the molecule is C=CC(=O)N1CCN(C(=O)c2cc(-c3c(F)cc(F)cc3F)no2)[C@@H](C)C1. The van der Waals surface area contributed by atoms with E-state index in [1.54, 1.807) is 11.8 Å². The van der Waals surface area contributed by atoms with Crippen molar-refractivity contribution in [1.82, 2.24) is 15.0 Å². The van der Waals surface area contributed by atoms with Gasteiger partial charge in [-0.3, -0.25) is 9.59 Å². The number of amides is 2. The lowest BCUT2D eigenvalue weighted by molar-refractivity contribution is -0.128. The lowest BCUT2D eigenvalue weighted by Crippen LogP contribution is -2.55. The molecule has 6 nitrogen and oxygen atoms in total. The monoisotopic (exact) mass is 379 g/mol. The second kappa shape index (κ2) is 7.26. The molecule has 1 aromatic heterocycles. The standard InChI is InChI=1S/C18H16F3N3O3/c1-3-16(25)23-4-5-24(10(2)9-23)18(26)15-8-14(22-27-15)17-12(20)6-11(19)7-13(17)21/h3,6-8,10H,1,4-5,9H2,2H3/t10-/m0/s1. The zero-order chi connectivity index (χ0) is 19.7. The highest BCUT2D eigenvalue weighted by atomic mass is 19.1. The lowest BCUT2D eigenvalue weighted by Gasteiger charge is -2.38. The van der Waals surface area contributed by atoms with E-state index in [1.165, 1.54) is 11.0 Å². The fourth-order valence-electron chi connectivity index (χ4n) is 3.01. The first-order valence-electron chi connectivity index (χ1n) is 8.15. The van der Waals surface area contributed by atoms with Gasteiger partial charge in [0.25, 0.3) is 5.91 Å². The zero-order valence-electron chi connectivity index (χ0n) is 14.4. The molecule has 142 valence electrons. The van der Waals surface area contributed by atoms with Gasteiger partial charge in [-0.05, 0) is 13.0 Å². The van der Waals surface area contributed by atoms with Crippen LogP contribution in [0.15, 0.2) is 35.4 Å². The minimum Gasteiger partial charge on any atom is -0.350 e. The summed E-state index contributed by atoms with van der Waals surface area (Å²) in [6.07, 6.45) is 1.21. The maximum Gasteiger partial charge on any atom is 0.292 e. The van der Waals surface area contributed by atoms with E-state index in [-0.39, 0.29) is 29.9 Å². The molecule has 0 aliphatic carbocycles. The number of nitrogens with zero attached hydrogens (tertiary/aromatic N) is 3. The van der Waals surface area contributed by atoms with Crippen LogP contribution in [0.4, 0.5) is 13.2 Å². The van der Waals surface area contributed by atoms with Crippen molar-refractivity contribution in [3.63, 3.8) is 0 Å². The highest BCUT2D eigenvalue weighted by molar-refractivity contribution is 5.93. The Morgan fingerprint density at radius 3 is 2.48 bits per heavy atom. The Kier molecular flexibility index (Phi) is 5.02. The Morgan fingerprint density at radius 2 is 1.89 bits per heavy atom. The van der Waals surface area contributed by atoms with Crippen LogP contribution in [0.5, 0.6) is 0 Å². The molecule has 1 fully saturated rings. The summed E-state index contributed by atoms with van der Waals surface area (Å²) in [6, 6.07) is 1.84. The average molecular weight is 379 g/mol. The summed E-state index contributed by atoms with van der Waals surface area (Å²) in [5, 5.41) is 3.53. The first-order chi connectivity index (χ1) is 12.8. The molecule has 0 bridgehead atoms. The minimum atomic E-state index is -1.15. The van der Waals surface area contributed by atoms with Crippen molar-refractivity contribution in [1.29, 1.82) is 0 Å². The van der Waals surface area contributed by atoms with E-state index < -0.39 is 28.9 Å². The quantitative estimate of drug-likeness (QED) is 0.769. The van der Waals surface area contributed by atoms with Crippen LogP contribution in [0.25, 0.3) is 11.3 Å². The van der Waals surface area contributed by atoms with Crippen LogP contribution in [0.1, 0.15) is 17.5 Å². The maximum absolute atomic E-state index is 13.9. The van der Waals surface area contributed by atoms with Crippen LogP contribution in [0.2, 0.25) is 0 Å². The Morgan fingerprint density at radius 1 is 1.22 bits per heavy atom. The highest BCUT2D eigenvalue weighted by Gasteiger charge is 2.32. The molecular formula is C18H16F3N3O3.